The quantitative estimate of drug-likeness (QED) is 0.902. The number of hydrogen-bond donors (Lipinski definition) is 1. The fraction of sp³-hybridized carbons (Fsp3) is 0.467. The van der Waals surface area contributed by atoms with Gasteiger partial charge in [0.15, 0.2) is 0 Å². The van der Waals surface area contributed by atoms with Crippen molar-refractivity contribution in [3.05, 3.63) is 29.8 Å². The Labute approximate surface area is 118 Å². The molecule has 1 aliphatic heterocycles. The molecule has 0 unspecified atom stereocenters. The Morgan fingerprint density at radius 1 is 1.35 bits per heavy atom. The van der Waals surface area contributed by atoms with Crippen LogP contribution in [0.2, 0.25) is 0 Å². The van der Waals surface area contributed by atoms with Crippen molar-refractivity contribution in [3.63, 3.8) is 0 Å². The van der Waals surface area contributed by atoms with Crippen molar-refractivity contribution in [2.45, 2.75) is 25.8 Å². The smallest absolute Gasteiger partial charge is 0.323 e. The lowest BCUT2D eigenvalue weighted by Gasteiger charge is -2.32. The first-order valence-electron chi connectivity index (χ1n) is 6.67. The van der Waals surface area contributed by atoms with Crippen molar-refractivity contribution >= 4 is 17.6 Å². The van der Waals surface area contributed by atoms with Crippen LogP contribution in [-0.4, -0.2) is 47.6 Å². The first kappa shape index (κ1) is 14.5. The molecule has 108 valence electrons. The topological polar surface area (TPSA) is 60.9 Å². The maximum Gasteiger partial charge on any atom is 0.323 e. The number of carboxylic acids is 1. The molecule has 0 fully saturated rings. The van der Waals surface area contributed by atoms with E-state index in [1.165, 1.54) is 5.56 Å². The molecular formula is C15H20N2O3. The summed E-state index contributed by atoms with van der Waals surface area (Å²) in [7, 11) is 1.66. The number of fused-ring (bicyclic) bond motifs is 1. The first-order valence-corrected chi connectivity index (χ1v) is 6.67. The van der Waals surface area contributed by atoms with Gasteiger partial charge in [-0.05, 0) is 38.9 Å². The number of anilines is 1. The summed E-state index contributed by atoms with van der Waals surface area (Å²) in [6.45, 7) is 3.95. The zero-order valence-corrected chi connectivity index (χ0v) is 12.1. The van der Waals surface area contributed by atoms with Crippen LogP contribution in [0.5, 0.6) is 0 Å². The maximum absolute atomic E-state index is 12.4. The molecule has 0 aliphatic carbocycles. The molecule has 2 rings (SSSR count). The highest BCUT2D eigenvalue weighted by Gasteiger charge is 2.34. The van der Waals surface area contributed by atoms with Crippen molar-refractivity contribution < 1.29 is 14.7 Å². The summed E-state index contributed by atoms with van der Waals surface area (Å²) in [5, 5.41) is 9.18. The highest BCUT2D eigenvalue weighted by Crippen LogP contribution is 2.27. The minimum atomic E-state index is -1.06. The molecular weight excluding hydrogens is 256 g/mol. The van der Waals surface area contributed by atoms with E-state index in [1.807, 2.05) is 24.3 Å². The molecule has 20 heavy (non-hydrogen) atoms. The Kier molecular flexibility index (Phi) is 3.81. The predicted octanol–water partition coefficient (Wildman–Crippen LogP) is 1.37. The normalized spacial score (nSPS) is 14.5. The summed E-state index contributed by atoms with van der Waals surface area (Å²) >= 11 is 0. The van der Waals surface area contributed by atoms with Gasteiger partial charge in [-0.25, -0.2) is 0 Å². The monoisotopic (exact) mass is 276 g/mol. The van der Waals surface area contributed by atoms with Crippen LogP contribution in [0.3, 0.4) is 0 Å². The van der Waals surface area contributed by atoms with Crippen molar-refractivity contribution in [3.8, 4) is 0 Å². The van der Waals surface area contributed by atoms with E-state index in [-0.39, 0.29) is 12.5 Å². The summed E-state index contributed by atoms with van der Waals surface area (Å²) in [5.74, 6) is -0.999. The van der Waals surface area contributed by atoms with Crippen molar-refractivity contribution in [2.75, 3.05) is 25.0 Å². The van der Waals surface area contributed by atoms with Crippen LogP contribution in [0.15, 0.2) is 24.3 Å². The SMILES string of the molecule is CN(CC(=O)N1CCc2ccccc21)C(C)(C)C(=O)O. The van der Waals surface area contributed by atoms with Gasteiger partial charge in [0.1, 0.15) is 5.54 Å². The summed E-state index contributed by atoms with van der Waals surface area (Å²) in [6.07, 6.45) is 0.855. The molecule has 0 bridgehead atoms. The van der Waals surface area contributed by atoms with E-state index in [0.29, 0.717) is 6.54 Å². The Morgan fingerprint density at radius 3 is 2.65 bits per heavy atom. The lowest BCUT2D eigenvalue weighted by Crippen LogP contribution is -2.52. The van der Waals surface area contributed by atoms with Gasteiger partial charge in [0.2, 0.25) is 5.91 Å². The van der Waals surface area contributed by atoms with Crippen LogP contribution < -0.4 is 4.90 Å². The van der Waals surface area contributed by atoms with E-state index in [2.05, 4.69) is 0 Å². The largest absolute Gasteiger partial charge is 0.480 e. The molecule has 1 amide bonds. The van der Waals surface area contributed by atoms with Crippen molar-refractivity contribution in [2.24, 2.45) is 0 Å². The number of likely N-dealkylation sites (N-methyl/N-ethyl adjacent to an activating group) is 1. The first-order chi connectivity index (χ1) is 9.34. The Morgan fingerprint density at radius 2 is 2.00 bits per heavy atom. The van der Waals surface area contributed by atoms with Crippen LogP contribution in [0.1, 0.15) is 19.4 Å². The third-order valence-electron chi connectivity index (χ3n) is 4.04. The number of nitrogens with zero attached hydrogens (tertiary/aromatic N) is 2. The van der Waals surface area contributed by atoms with Crippen LogP contribution in [0.4, 0.5) is 5.69 Å². The Bertz CT molecular complexity index is 540. The lowest BCUT2D eigenvalue weighted by molar-refractivity contribution is -0.149. The molecule has 1 N–H and O–H groups in total. The summed E-state index contributed by atoms with van der Waals surface area (Å²) < 4.78 is 0. The number of aliphatic carboxylic acids is 1. The van der Waals surface area contributed by atoms with Crippen LogP contribution in [0.25, 0.3) is 0 Å². The second-order valence-corrected chi connectivity index (χ2v) is 5.64. The minimum absolute atomic E-state index is 0.0632. The fourth-order valence-corrected chi connectivity index (χ4v) is 2.25. The third kappa shape index (κ3) is 2.54. The van der Waals surface area contributed by atoms with Gasteiger partial charge in [-0.3, -0.25) is 14.5 Å². The van der Waals surface area contributed by atoms with E-state index < -0.39 is 11.5 Å². The molecule has 0 spiro atoms. The van der Waals surface area contributed by atoms with Crippen LogP contribution in [-0.2, 0) is 16.0 Å². The number of carbonyl (C=O) groups is 2. The lowest BCUT2D eigenvalue weighted by atomic mass is 10.0. The van der Waals surface area contributed by atoms with E-state index in [0.717, 1.165) is 12.1 Å². The highest BCUT2D eigenvalue weighted by atomic mass is 16.4. The average molecular weight is 276 g/mol. The minimum Gasteiger partial charge on any atom is -0.480 e. The maximum atomic E-state index is 12.4. The molecule has 0 atom stereocenters. The second kappa shape index (κ2) is 5.25. The summed E-state index contributed by atoms with van der Waals surface area (Å²) in [4.78, 5) is 26.9. The Hall–Kier alpha value is -1.88. The van der Waals surface area contributed by atoms with Crippen LogP contribution >= 0.6 is 0 Å². The van der Waals surface area contributed by atoms with E-state index in [9.17, 15) is 14.7 Å². The molecule has 0 radical (unpaired) electrons. The molecule has 1 heterocycles. The number of carboxylic acid groups (broad SMARTS) is 1. The fourth-order valence-electron chi connectivity index (χ4n) is 2.25. The van der Waals surface area contributed by atoms with Gasteiger partial charge < -0.3 is 10.0 Å². The molecule has 1 aliphatic rings. The summed E-state index contributed by atoms with van der Waals surface area (Å²) in [5.41, 5.74) is 1.05. The van der Waals surface area contributed by atoms with Gasteiger partial charge in [-0.2, -0.15) is 0 Å². The number of hydrogen-bond acceptors (Lipinski definition) is 3. The number of carbonyl (C=O) groups excluding carboxylic acids is 1. The predicted molar refractivity (Wildman–Crippen MR) is 76.8 cm³/mol. The van der Waals surface area contributed by atoms with Gasteiger partial charge >= 0.3 is 5.97 Å². The summed E-state index contributed by atoms with van der Waals surface area (Å²) in [6, 6.07) is 7.83. The van der Waals surface area contributed by atoms with Gasteiger partial charge in [0, 0.05) is 12.2 Å². The third-order valence-corrected chi connectivity index (χ3v) is 4.04. The van der Waals surface area contributed by atoms with Gasteiger partial charge in [0.25, 0.3) is 0 Å². The van der Waals surface area contributed by atoms with Gasteiger partial charge in [-0.15, -0.1) is 0 Å². The number of benzene rings is 1. The average Bonchev–Trinajstić information content (AvgIpc) is 2.82. The highest BCUT2D eigenvalue weighted by molar-refractivity contribution is 5.97. The van der Waals surface area contributed by atoms with E-state index in [4.69, 9.17) is 0 Å². The molecule has 1 aromatic rings. The molecule has 5 heteroatoms. The molecule has 5 nitrogen and oxygen atoms in total. The number of amides is 1. The van der Waals surface area contributed by atoms with Gasteiger partial charge in [0.05, 0.1) is 6.54 Å². The standard InChI is InChI=1S/C15H20N2O3/c1-15(2,14(19)20)16(3)10-13(18)17-9-8-11-6-4-5-7-12(11)17/h4-7H,8-10H2,1-3H3,(H,19,20). The van der Waals surface area contributed by atoms with Gasteiger partial charge in [-0.1, -0.05) is 18.2 Å². The zero-order valence-electron chi connectivity index (χ0n) is 12.1. The Balaban J connectivity index is 2.09. The molecule has 0 saturated heterocycles. The van der Waals surface area contributed by atoms with E-state index >= 15 is 0 Å². The molecule has 1 aromatic carbocycles. The van der Waals surface area contributed by atoms with Crippen molar-refractivity contribution in [1.82, 2.24) is 4.90 Å². The number of rotatable bonds is 4. The van der Waals surface area contributed by atoms with Crippen molar-refractivity contribution in [1.29, 1.82) is 0 Å². The molecule has 0 saturated carbocycles. The van der Waals surface area contributed by atoms with Crippen LogP contribution in [0, 0.1) is 0 Å². The molecule has 0 aromatic heterocycles. The second-order valence-electron chi connectivity index (χ2n) is 5.64. The number of para-hydroxylation sites is 1. The zero-order chi connectivity index (χ0) is 14.9. The van der Waals surface area contributed by atoms with E-state index in [1.54, 1.807) is 30.7 Å².